The van der Waals surface area contributed by atoms with Crippen LogP contribution in [0, 0.1) is 5.92 Å². The molecule has 2 unspecified atom stereocenters. The molecule has 96 valence electrons. The summed E-state index contributed by atoms with van der Waals surface area (Å²) in [4.78, 5) is 0. The van der Waals surface area contributed by atoms with Crippen LogP contribution in [0.4, 0.5) is 0 Å². The van der Waals surface area contributed by atoms with E-state index in [1.807, 2.05) is 0 Å². The van der Waals surface area contributed by atoms with E-state index in [1.54, 1.807) is 0 Å². The van der Waals surface area contributed by atoms with Gasteiger partial charge in [-0.15, -0.1) is 0 Å². The van der Waals surface area contributed by atoms with Crippen molar-refractivity contribution in [2.24, 2.45) is 11.7 Å². The number of aromatic amines is 1. The van der Waals surface area contributed by atoms with E-state index in [0.717, 1.165) is 25.7 Å². The summed E-state index contributed by atoms with van der Waals surface area (Å²) in [6.07, 6.45) is 5.45. The van der Waals surface area contributed by atoms with Crippen LogP contribution in [0.25, 0.3) is 0 Å². The first kappa shape index (κ1) is 12.5. The van der Waals surface area contributed by atoms with E-state index < -0.39 is 10.0 Å². The number of nitrogens with one attached hydrogen (secondary N) is 2. The van der Waals surface area contributed by atoms with E-state index in [-0.39, 0.29) is 17.0 Å². The Bertz CT molecular complexity index is 443. The highest BCUT2D eigenvalue weighted by molar-refractivity contribution is 7.89. The van der Waals surface area contributed by atoms with E-state index in [9.17, 15) is 8.42 Å². The van der Waals surface area contributed by atoms with Gasteiger partial charge in [0, 0.05) is 6.04 Å². The molecule has 0 radical (unpaired) electrons. The highest BCUT2D eigenvalue weighted by Crippen LogP contribution is 2.24. The average Bonchev–Trinajstić information content (AvgIpc) is 2.83. The molecule has 1 aromatic rings. The number of aromatic nitrogens is 2. The second-order valence-corrected chi connectivity index (χ2v) is 6.11. The van der Waals surface area contributed by atoms with Gasteiger partial charge in [0.2, 0.25) is 0 Å². The topological polar surface area (TPSA) is 101 Å². The smallest absolute Gasteiger partial charge is 0.257 e. The van der Waals surface area contributed by atoms with Gasteiger partial charge < -0.3 is 5.73 Å². The van der Waals surface area contributed by atoms with Crippen LogP contribution in [0.3, 0.4) is 0 Å². The van der Waals surface area contributed by atoms with Gasteiger partial charge in [0.15, 0.2) is 5.03 Å². The molecule has 0 aromatic carbocycles. The third-order valence-electron chi connectivity index (χ3n) is 3.28. The lowest BCUT2D eigenvalue weighted by Gasteiger charge is -2.30. The Morgan fingerprint density at radius 3 is 2.88 bits per heavy atom. The zero-order chi connectivity index (χ0) is 12.3. The van der Waals surface area contributed by atoms with Crippen molar-refractivity contribution in [1.82, 2.24) is 14.9 Å². The van der Waals surface area contributed by atoms with Gasteiger partial charge in [0.05, 0.1) is 6.20 Å². The molecule has 0 amide bonds. The van der Waals surface area contributed by atoms with Crippen LogP contribution < -0.4 is 10.5 Å². The maximum atomic E-state index is 12.0. The Kier molecular flexibility index (Phi) is 3.80. The highest BCUT2D eigenvalue weighted by atomic mass is 32.2. The van der Waals surface area contributed by atoms with Crippen LogP contribution in [0.1, 0.15) is 25.7 Å². The fraction of sp³-hybridized carbons (Fsp3) is 0.700. The van der Waals surface area contributed by atoms with Crippen molar-refractivity contribution in [2.45, 2.75) is 36.8 Å². The molecule has 0 spiro atoms. The van der Waals surface area contributed by atoms with Crippen LogP contribution in [0.5, 0.6) is 0 Å². The minimum atomic E-state index is -3.48. The molecule has 1 aromatic heterocycles. The van der Waals surface area contributed by atoms with E-state index in [0.29, 0.717) is 6.54 Å². The molecule has 0 aliphatic heterocycles. The summed E-state index contributed by atoms with van der Waals surface area (Å²) in [5.74, 6) is 0.237. The first-order chi connectivity index (χ1) is 8.13. The molecule has 1 heterocycles. The van der Waals surface area contributed by atoms with Gasteiger partial charge in [-0.25, -0.2) is 13.1 Å². The number of rotatable bonds is 4. The molecule has 6 nitrogen and oxygen atoms in total. The summed E-state index contributed by atoms with van der Waals surface area (Å²) in [6, 6.07) is 1.39. The number of H-pyrrole nitrogens is 1. The van der Waals surface area contributed by atoms with Gasteiger partial charge in [-0.1, -0.05) is 12.8 Å². The summed E-state index contributed by atoms with van der Waals surface area (Å²) in [5.41, 5.74) is 5.68. The highest BCUT2D eigenvalue weighted by Gasteiger charge is 2.29. The largest absolute Gasteiger partial charge is 0.330 e. The summed E-state index contributed by atoms with van der Waals surface area (Å²) < 4.78 is 26.7. The van der Waals surface area contributed by atoms with Crippen LogP contribution in [-0.2, 0) is 10.0 Å². The van der Waals surface area contributed by atoms with Gasteiger partial charge in [-0.05, 0) is 31.4 Å². The Labute approximate surface area is 101 Å². The van der Waals surface area contributed by atoms with Crippen molar-refractivity contribution in [1.29, 1.82) is 0 Å². The van der Waals surface area contributed by atoms with Crippen molar-refractivity contribution in [3.8, 4) is 0 Å². The van der Waals surface area contributed by atoms with Crippen LogP contribution >= 0.6 is 0 Å². The fourth-order valence-electron chi connectivity index (χ4n) is 2.30. The molecule has 1 saturated carbocycles. The molecule has 7 heteroatoms. The first-order valence-electron chi connectivity index (χ1n) is 5.85. The molecule has 2 rings (SSSR count). The molecule has 0 bridgehead atoms. The van der Waals surface area contributed by atoms with Gasteiger partial charge >= 0.3 is 0 Å². The summed E-state index contributed by atoms with van der Waals surface area (Å²) >= 11 is 0. The average molecular weight is 258 g/mol. The van der Waals surface area contributed by atoms with Crippen LogP contribution in [0.2, 0.25) is 0 Å². The maximum absolute atomic E-state index is 12.0. The number of hydrogen-bond donors (Lipinski definition) is 3. The molecular weight excluding hydrogens is 240 g/mol. The Balaban J connectivity index is 2.09. The first-order valence-corrected chi connectivity index (χ1v) is 7.33. The van der Waals surface area contributed by atoms with Gasteiger partial charge in [-0.2, -0.15) is 5.10 Å². The molecule has 4 N–H and O–H groups in total. The zero-order valence-corrected chi connectivity index (χ0v) is 10.4. The third kappa shape index (κ3) is 2.85. The van der Waals surface area contributed by atoms with Gasteiger partial charge in [0.25, 0.3) is 10.0 Å². The van der Waals surface area contributed by atoms with E-state index in [2.05, 4.69) is 14.9 Å². The van der Waals surface area contributed by atoms with Gasteiger partial charge in [-0.3, -0.25) is 5.10 Å². The summed E-state index contributed by atoms with van der Waals surface area (Å²) in [7, 11) is -3.48. The van der Waals surface area contributed by atoms with Crippen molar-refractivity contribution in [3.05, 3.63) is 12.3 Å². The lowest BCUT2D eigenvalue weighted by atomic mass is 9.85. The summed E-state index contributed by atoms with van der Waals surface area (Å²) in [5, 5.41) is 6.23. The molecule has 1 fully saturated rings. The Hall–Kier alpha value is -0.920. The third-order valence-corrected chi connectivity index (χ3v) is 4.70. The standard InChI is InChI=1S/C10H18N4O2S/c11-7-8-3-1-2-4-9(8)14-17(15,16)10-5-6-12-13-10/h5-6,8-9,14H,1-4,7,11H2,(H,12,13). The number of nitrogens with two attached hydrogens (primary N) is 1. The summed E-state index contributed by atoms with van der Waals surface area (Å²) in [6.45, 7) is 0.524. The Morgan fingerprint density at radius 1 is 1.47 bits per heavy atom. The van der Waals surface area contributed by atoms with E-state index in [1.165, 1.54) is 12.3 Å². The minimum absolute atomic E-state index is 0.0537. The minimum Gasteiger partial charge on any atom is -0.330 e. The second kappa shape index (κ2) is 5.16. The SMILES string of the molecule is NCC1CCCCC1NS(=O)(=O)c1ccn[nH]1. The van der Waals surface area contributed by atoms with Crippen molar-refractivity contribution >= 4 is 10.0 Å². The molecule has 1 aliphatic rings. The Morgan fingerprint density at radius 2 is 2.24 bits per heavy atom. The molecule has 0 saturated heterocycles. The van der Waals surface area contributed by atoms with Crippen molar-refractivity contribution in [3.63, 3.8) is 0 Å². The maximum Gasteiger partial charge on any atom is 0.257 e. The number of hydrogen-bond acceptors (Lipinski definition) is 4. The lowest BCUT2D eigenvalue weighted by molar-refractivity contribution is 0.296. The molecule has 1 aliphatic carbocycles. The fourth-order valence-corrected chi connectivity index (χ4v) is 3.55. The number of nitrogens with zero attached hydrogens (tertiary/aromatic N) is 1. The van der Waals surface area contributed by atoms with Crippen molar-refractivity contribution in [2.75, 3.05) is 6.54 Å². The molecule has 17 heavy (non-hydrogen) atoms. The second-order valence-electron chi connectivity index (χ2n) is 4.43. The number of sulfonamides is 1. The van der Waals surface area contributed by atoms with Crippen molar-refractivity contribution < 1.29 is 8.42 Å². The molecule has 2 atom stereocenters. The van der Waals surface area contributed by atoms with Crippen LogP contribution in [0.15, 0.2) is 17.3 Å². The normalized spacial score (nSPS) is 25.9. The van der Waals surface area contributed by atoms with Gasteiger partial charge in [0.1, 0.15) is 0 Å². The van der Waals surface area contributed by atoms with Crippen LogP contribution in [-0.4, -0.2) is 31.2 Å². The van der Waals surface area contributed by atoms with E-state index in [4.69, 9.17) is 5.73 Å². The quantitative estimate of drug-likeness (QED) is 0.718. The zero-order valence-electron chi connectivity index (χ0n) is 9.59. The lowest BCUT2D eigenvalue weighted by Crippen LogP contribution is -2.44. The van der Waals surface area contributed by atoms with E-state index >= 15 is 0 Å². The predicted octanol–water partition coefficient (Wildman–Crippen LogP) is 0.205. The molecular formula is C10H18N4O2S. The monoisotopic (exact) mass is 258 g/mol. The predicted molar refractivity (Wildman–Crippen MR) is 63.7 cm³/mol.